The quantitative estimate of drug-likeness (QED) is 0.836. The van der Waals surface area contributed by atoms with Crippen molar-refractivity contribution in [2.75, 3.05) is 19.7 Å². The monoisotopic (exact) mass is 339 g/mol. The number of benzene rings is 1. The van der Waals surface area contributed by atoms with Gasteiger partial charge < -0.3 is 9.64 Å². The molecule has 1 aromatic rings. The Bertz CT molecular complexity index is 464. The molecule has 1 aromatic carbocycles. The number of halogens is 1. The fraction of sp³-hybridized carbons (Fsp3) is 0.562. The largest absolute Gasteiger partial charge is 0.492 e. The molecule has 1 aliphatic heterocycles. The molecule has 1 fully saturated rings. The molecule has 110 valence electrons. The average Bonchev–Trinajstić information content (AvgIpc) is 2.74. The summed E-state index contributed by atoms with van der Waals surface area (Å²) < 4.78 is 6.71. The molecule has 0 aliphatic carbocycles. The number of amides is 1. The molecule has 1 atom stereocenters. The average molecular weight is 340 g/mol. The van der Waals surface area contributed by atoms with Crippen LogP contribution in [0.4, 0.5) is 0 Å². The first kappa shape index (κ1) is 15.4. The Balaban J connectivity index is 1.80. The van der Waals surface area contributed by atoms with E-state index in [0.29, 0.717) is 25.5 Å². The van der Waals surface area contributed by atoms with E-state index >= 15 is 0 Å². The van der Waals surface area contributed by atoms with Crippen LogP contribution < -0.4 is 4.74 Å². The van der Waals surface area contributed by atoms with E-state index in [9.17, 15) is 4.79 Å². The first-order chi connectivity index (χ1) is 9.36. The van der Waals surface area contributed by atoms with Gasteiger partial charge in [-0.1, -0.05) is 36.7 Å². The fourth-order valence-corrected chi connectivity index (χ4v) is 2.64. The summed E-state index contributed by atoms with van der Waals surface area (Å²) in [7, 11) is 0. The van der Waals surface area contributed by atoms with Crippen LogP contribution in [-0.2, 0) is 4.79 Å². The van der Waals surface area contributed by atoms with Gasteiger partial charge >= 0.3 is 0 Å². The Labute approximate surface area is 129 Å². The molecule has 0 aromatic heterocycles. The fourth-order valence-electron chi connectivity index (χ4n) is 2.37. The highest BCUT2D eigenvalue weighted by Crippen LogP contribution is 2.34. The molecule has 0 radical (unpaired) electrons. The summed E-state index contributed by atoms with van der Waals surface area (Å²) >= 11 is 3.39. The van der Waals surface area contributed by atoms with Gasteiger partial charge in [-0.3, -0.25) is 4.79 Å². The number of hydrogen-bond donors (Lipinski definition) is 0. The Morgan fingerprint density at radius 2 is 1.95 bits per heavy atom. The highest BCUT2D eigenvalue weighted by atomic mass is 79.9. The van der Waals surface area contributed by atoms with Gasteiger partial charge in [-0.05, 0) is 35.6 Å². The number of likely N-dealkylation sites (tertiary alicyclic amines) is 1. The van der Waals surface area contributed by atoms with E-state index < -0.39 is 0 Å². The van der Waals surface area contributed by atoms with E-state index in [4.69, 9.17) is 4.74 Å². The maximum absolute atomic E-state index is 12.0. The number of hydrogen-bond acceptors (Lipinski definition) is 2. The standard InChI is InChI=1S/C16H22BrNO2/c1-16(2,3)12-10-15(19)18(11-12)8-9-20-14-6-4-13(17)5-7-14/h4-7,12H,8-11H2,1-3H3. The van der Waals surface area contributed by atoms with Crippen molar-refractivity contribution in [1.82, 2.24) is 4.90 Å². The SMILES string of the molecule is CC(C)(C)C1CC(=O)N(CCOc2ccc(Br)cc2)C1. The lowest BCUT2D eigenvalue weighted by molar-refractivity contribution is -0.128. The van der Waals surface area contributed by atoms with Gasteiger partial charge in [0.25, 0.3) is 0 Å². The van der Waals surface area contributed by atoms with Gasteiger partial charge in [0.2, 0.25) is 5.91 Å². The Morgan fingerprint density at radius 1 is 1.30 bits per heavy atom. The van der Waals surface area contributed by atoms with Crippen LogP contribution in [0.25, 0.3) is 0 Å². The molecule has 0 spiro atoms. The number of carbonyl (C=O) groups is 1. The Kier molecular flexibility index (Phi) is 4.74. The maximum Gasteiger partial charge on any atom is 0.223 e. The molecule has 4 heteroatoms. The molecule has 0 bridgehead atoms. The van der Waals surface area contributed by atoms with Gasteiger partial charge in [0, 0.05) is 17.4 Å². The highest BCUT2D eigenvalue weighted by molar-refractivity contribution is 9.10. The van der Waals surface area contributed by atoms with Gasteiger partial charge in [-0.25, -0.2) is 0 Å². The second-order valence-electron chi connectivity index (χ2n) is 6.41. The van der Waals surface area contributed by atoms with Crippen LogP contribution in [0.2, 0.25) is 0 Å². The third-order valence-electron chi connectivity index (χ3n) is 3.88. The molecule has 3 nitrogen and oxygen atoms in total. The molecule has 1 heterocycles. The summed E-state index contributed by atoms with van der Waals surface area (Å²) in [5.41, 5.74) is 0.191. The zero-order chi connectivity index (χ0) is 14.8. The second-order valence-corrected chi connectivity index (χ2v) is 7.32. The summed E-state index contributed by atoms with van der Waals surface area (Å²) in [5.74, 6) is 1.54. The van der Waals surface area contributed by atoms with Crippen molar-refractivity contribution in [1.29, 1.82) is 0 Å². The zero-order valence-electron chi connectivity index (χ0n) is 12.4. The zero-order valence-corrected chi connectivity index (χ0v) is 13.9. The van der Waals surface area contributed by atoms with Crippen LogP contribution >= 0.6 is 15.9 Å². The lowest BCUT2D eigenvalue weighted by Gasteiger charge is -2.26. The van der Waals surface area contributed by atoms with Crippen LogP contribution in [0, 0.1) is 11.3 Å². The van der Waals surface area contributed by atoms with E-state index in [1.807, 2.05) is 29.2 Å². The van der Waals surface area contributed by atoms with Crippen LogP contribution in [-0.4, -0.2) is 30.5 Å². The van der Waals surface area contributed by atoms with Crippen molar-refractivity contribution < 1.29 is 9.53 Å². The second kappa shape index (κ2) is 6.17. The van der Waals surface area contributed by atoms with E-state index in [2.05, 4.69) is 36.7 Å². The smallest absolute Gasteiger partial charge is 0.223 e. The summed E-state index contributed by atoms with van der Waals surface area (Å²) in [4.78, 5) is 13.9. The van der Waals surface area contributed by atoms with Gasteiger partial charge in [0.05, 0.1) is 6.54 Å². The third kappa shape index (κ3) is 3.98. The maximum atomic E-state index is 12.0. The van der Waals surface area contributed by atoms with E-state index in [1.165, 1.54) is 0 Å². The molecular formula is C16H22BrNO2. The van der Waals surface area contributed by atoms with Crippen molar-refractivity contribution in [3.05, 3.63) is 28.7 Å². The molecule has 1 amide bonds. The van der Waals surface area contributed by atoms with Crippen molar-refractivity contribution in [3.63, 3.8) is 0 Å². The number of nitrogens with zero attached hydrogens (tertiary/aromatic N) is 1. The first-order valence-electron chi connectivity index (χ1n) is 7.02. The van der Waals surface area contributed by atoms with Crippen LogP contribution in [0.3, 0.4) is 0 Å². The lowest BCUT2D eigenvalue weighted by atomic mass is 9.80. The lowest BCUT2D eigenvalue weighted by Crippen LogP contribution is -2.31. The van der Waals surface area contributed by atoms with E-state index in [-0.39, 0.29) is 11.3 Å². The molecule has 0 saturated carbocycles. The predicted octanol–water partition coefficient (Wildman–Crippen LogP) is 3.72. The molecule has 2 rings (SSSR count). The van der Waals surface area contributed by atoms with Crippen LogP contribution in [0.1, 0.15) is 27.2 Å². The number of carbonyl (C=O) groups excluding carboxylic acids is 1. The minimum Gasteiger partial charge on any atom is -0.492 e. The first-order valence-corrected chi connectivity index (χ1v) is 7.82. The predicted molar refractivity (Wildman–Crippen MR) is 83.8 cm³/mol. The van der Waals surface area contributed by atoms with Gasteiger partial charge in [-0.15, -0.1) is 0 Å². The van der Waals surface area contributed by atoms with Gasteiger partial charge in [0.1, 0.15) is 12.4 Å². The summed E-state index contributed by atoms with van der Waals surface area (Å²) in [6, 6.07) is 7.75. The van der Waals surface area contributed by atoms with Crippen molar-refractivity contribution in [2.24, 2.45) is 11.3 Å². The van der Waals surface area contributed by atoms with Gasteiger partial charge in [-0.2, -0.15) is 0 Å². The van der Waals surface area contributed by atoms with Crippen molar-refractivity contribution in [3.8, 4) is 5.75 Å². The summed E-state index contributed by atoms with van der Waals surface area (Å²) in [6.07, 6.45) is 0.668. The summed E-state index contributed by atoms with van der Waals surface area (Å²) in [5, 5.41) is 0. The molecule has 1 saturated heterocycles. The molecule has 1 unspecified atom stereocenters. The molecule has 20 heavy (non-hydrogen) atoms. The van der Waals surface area contributed by atoms with E-state index in [1.54, 1.807) is 0 Å². The summed E-state index contributed by atoms with van der Waals surface area (Å²) in [6.45, 7) is 8.67. The third-order valence-corrected chi connectivity index (χ3v) is 4.41. The highest BCUT2D eigenvalue weighted by Gasteiger charge is 2.36. The van der Waals surface area contributed by atoms with Gasteiger partial charge in [0.15, 0.2) is 0 Å². The molecule has 1 aliphatic rings. The minimum atomic E-state index is 0.191. The molecule has 0 N–H and O–H groups in total. The van der Waals surface area contributed by atoms with Crippen molar-refractivity contribution in [2.45, 2.75) is 27.2 Å². The molecular weight excluding hydrogens is 318 g/mol. The Morgan fingerprint density at radius 3 is 2.50 bits per heavy atom. The number of ether oxygens (including phenoxy) is 1. The normalized spacial score (nSPS) is 19.5. The van der Waals surface area contributed by atoms with Crippen LogP contribution in [0.5, 0.6) is 5.75 Å². The van der Waals surface area contributed by atoms with Crippen LogP contribution in [0.15, 0.2) is 28.7 Å². The Hall–Kier alpha value is -1.03. The minimum absolute atomic E-state index is 0.191. The number of rotatable bonds is 4. The van der Waals surface area contributed by atoms with E-state index in [0.717, 1.165) is 16.8 Å². The topological polar surface area (TPSA) is 29.5 Å². The van der Waals surface area contributed by atoms with Crippen molar-refractivity contribution >= 4 is 21.8 Å².